The number of rotatable bonds is 5. The highest BCUT2D eigenvalue weighted by molar-refractivity contribution is 5.99. The van der Waals surface area contributed by atoms with Gasteiger partial charge in [0.1, 0.15) is 11.8 Å². The molecular weight excluding hydrogens is 408 g/mol. The Hall–Kier alpha value is -3.55. The van der Waals surface area contributed by atoms with Gasteiger partial charge in [0.25, 0.3) is 0 Å². The molecule has 32 heavy (non-hydrogen) atoms. The lowest BCUT2D eigenvalue weighted by molar-refractivity contribution is -0.130. The lowest BCUT2D eigenvalue weighted by atomic mass is 9.86. The fourth-order valence-electron chi connectivity index (χ4n) is 3.66. The third-order valence-corrected chi connectivity index (χ3v) is 5.32. The number of urea groups is 1. The molecule has 0 aliphatic carbocycles. The standard InChI is InChI=1S/C24H30N4O4/c1-24(2,3)18-7-5-6-8-19(18)27-23(31)28-14-13-25-22(30)20(28)15-21(29)26-16-9-11-17(32-4)12-10-16/h5-12,20H,13-15H2,1-4H3,(H,25,30)(H,26,29)(H,27,31). The second-order valence-electron chi connectivity index (χ2n) is 8.71. The zero-order valence-electron chi connectivity index (χ0n) is 18.9. The predicted molar refractivity (Wildman–Crippen MR) is 124 cm³/mol. The predicted octanol–water partition coefficient (Wildman–Crippen LogP) is 3.35. The van der Waals surface area contributed by atoms with E-state index in [1.165, 1.54) is 4.90 Å². The van der Waals surface area contributed by atoms with E-state index >= 15 is 0 Å². The van der Waals surface area contributed by atoms with E-state index in [1.54, 1.807) is 31.4 Å². The van der Waals surface area contributed by atoms with E-state index in [2.05, 4.69) is 36.7 Å². The summed E-state index contributed by atoms with van der Waals surface area (Å²) in [6, 6.07) is 13.2. The number of benzene rings is 2. The zero-order chi connectivity index (χ0) is 23.3. The highest BCUT2D eigenvalue weighted by Crippen LogP contribution is 2.29. The summed E-state index contributed by atoms with van der Waals surface area (Å²) in [5, 5.41) is 8.44. The molecule has 8 nitrogen and oxygen atoms in total. The van der Waals surface area contributed by atoms with Crippen LogP contribution in [0, 0.1) is 0 Å². The second kappa shape index (κ2) is 9.72. The molecular formula is C24H30N4O4. The van der Waals surface area contributed by atoms with Gasteiger partial charge in [0, 0.05) is 24.5 Å². The first-order chi connectivity index (χ1) is 15.2. The molecule has 0 spiro atoms. The van der Waals surface area contributed by atoms with Crippen LogP contribution in [0.2, 0.25) is 0 Å². The molecule has 3 N–H and O–H groups in total. The number of hydrogen-bond acceptors (Lipinski definition) is 4. The molecule has 1 fully saturated rings. The average Bonchev–Trinajstić information content (AvgIpc) is 2.75. The van der Waals surface area contributed by atoms with Crippen LogP contribution in [0.3, 0.4) is 0 Å². The van der Waals surface area contributed by atoms with E-state index in [1.807, 2.05) is 24.3 Å². The van der Waals surface area contributed by atoms with Crippen LogP contribution in [0.4, 0.5) is 16.2 Å². The molecule has 4 amide bonds. The van der Waals surface area contributed by atoms with E-state index in [0.29, 0.717) is 30.2 Å². The van der Waals surface area contributed by atoms with Gasteiger partial charge in [-0.05, 0) is 41.3 Å². The summed E-state index contributed by atoms with van der Waals surface area (Å²) in [6.07, 6.45) is -0.147. The largest absolute Gasteiger partial charge is 0.497 e. The summed E-state index contributed by atoms with van der Waals surface area (Å²) in [7, 11) is 1.56. The summed E-state index contributed by atoms with van der Waals surface area (Å²) < 4.78 is 5.11. The third-order valence-electron chi connectivity index (χ3n) is 5.32. The Labute approximate surface area is 188 Å². The number of methoxy groups -OCH3 is 1. The number of anilines is 2. The summed E-state index contributed by atoms with van der Waals surface area (Å²) in [4.78, 5) is 39.7. The number of nitrogens with one attached hydrogen (secondary N) is 3. The monoisotopic (exact) mass is 438 g/mol. The number of hydrogen-bond donors (Lipinski definition) is 3. The molecule has 0 aromatic heterocycles. The van der Waals surface area contributed by atoms with Gasteiger partial charge in [0.15, 0.2) is 0 Å². The van der Waals surface area contributed by atoms with Gasteiger partial charge in [-0.25, -0.2) is 4.79 Å². The number of carbonyl (C=O) groups is 3. The lowest BCUT2D eigenvalue weighted by Crippen LogP contribution is -2.59. The Kier molecular flexibility index (Phi) is 7.02. The molecule has 0 bridgehead atoms. The van der Waals surface area contributed by atoms with Gasteiger partial charge in [0.2, 0.25) is 11.8 Å². The van der Waals surface area contributed by atoms with E-state index < -0.39 is 12.1 Å². The second-order valence-corrected chi connectivity index (χ2v) is 8.71. The van der Waals surface area contributed by atoms with Crippen LogP contribution in [0.25, 0.3) is 0 Å². The number of piperazine rings is 1. The Balaban J connectivity index is 1.71. The van der Waals surface area contributed by atoms with Crippen molar-refractivity contribution in [1.29, 1.82) is 0 Å². The van der Waals surface area contributed by atoms with Crippen LogP contribution in [-0.2, 0) is 15.0 Å². The zero-order valence-corrected chi connectivity index (χ0v) is 18.9. The van der Waals surface area contributed by atoms with Crippen LogP contribution in [0.5, 0.6) is 5.75 Å². The molecule has 1 aliphatic rings. The number of amides is 4. The molecule has 2 aromatic rings. The minimum absolute atomic E-state index is 0.147. The molecule has 3 rings (SSSR count). The van der Waals surface area contributed by atoms with E-state index in [9.17, 15) is 14.4 Å². The fraction of sp³-hybridized carbons (Fsp3) is 0.375. The fourth-order valence-corrected chi connectivity index (χ4v) is 3.66. The van der Waals surface area contributed by atoms with Crippen molar-refractivity contribution in [1.82, 2.24) is 10.2 Å². The van der Waals surface area contributed by atoms with Gasteiger partial charge in [0.05, 0.1) is 13.5 Å². The van der Waals surface area contributed by atoms with Gasteiger partial charge < -0.3 is 25.6 Å². The Morgan fingerprint density at radius 1 is 1.09 bits per heavy atom. The van der Waals surface area contributed by atoms with Crippen molar-refractivity contribution >= 4 is 29.2 Å². The van der Waals surface area contributed by atoms with E-state index in [4.69, 9.17) is 4.74 Å². The van der Waals surface area contributed by atoms with Crippen molar-refractivity contribution in [3.63, 3.8) is 0 Å². The summed E-state index contributed by atoms with van der Waals surface area (Å²) >= 11 is 0. The number of para-hydroxylation sites is 1. The number of carbonyl (C=O) groups excluding carboxylic acids is 3. The van der Waals surface area contributed by atoms with Gasteiger partial charge in [-0.2, -0.15) is 0 Å². The third kappa shape index (κ3) is 5.57. The SMILES string of the molecule is COc1ccc(NC(=O)CC2C(=O)NCCN2C(=O)Nc2ccccc2C(C)(C)C)cc1. The minimum atomic E-state index is -0.899. The summed E-state index contributed by atoms with van der Waals surface area (Å²) in [5.74, 6) is -0.0291. The van der Waals surface area contributed by atoms with Crippen molar-refractivity contribution in [2.24, 2.45) is 0 Å². The average molecular weight is 439 g/mol. The van der Waals surface area contributed by atoms with Crippen molar-refractivity contribution < 1.29 is 19.1 Å². The maximum absolute atomic E-state index is 13.1. The van der Waals surface area contributed by atoms with Gasteiger partial charge in [-0.3, -0.25) is 9.59 Å². The highest BCUT2D eigenvalue weighted by atomic mass is 16.5. The van der Waals surface area contributed by atoms with Crippen LogP contribution in [-0.4, -0.2) is 49.0 Å². The first-order valence-electron chi connectivity index (χ1n) is 10.6. The Morgan fingerprint density at radius 2 is 1.78 bits per heavy atom. The van der Waals surface area contributed by atoms with Crippen molar-refractivity contribution in [3.8, 4) is 5.75 Å². The maximum atomic E-state index is 13.1. The molecule has 1 unspecified atom stereocenters. The highest BCUT2D eigenvalue weighted by Gasteiger charge is 2.35. The molecule has 1 saturated heterocycles. The molecule has 1 aliphatic heterocycles. The molecule has 2 aromatic carbocycles. The lowest BCUT2D eigenvalue weighted by Gasteiger charge is -2.35. The molecule has 8 heteroatoms. The molecule has 0 saturated carbocycles. The van der Waals surface area contributed by atoms with Crippen molar-refractivity contribution in [3.05, 3.63) is 54.1 Å². The number of ether oxygens (including phenoxy) is 1. The van der Waals surface area contributed by atoms with Gasteiger partial charge in [-0.1, -0.05) is 39.0 Å². The van der Waals surface area contributed by atoms with Crippen molar-refractivity contribution in [2.75, 3.05) is 30.8 Å². The molecule has 170 valence electrons. The topological polar surface area (TPSA) is 99.8 Å². The minimum Gasteiger partial charge on any atom is -0.497 e. The van der Waals surface area contributed by atoms with Gasteiger partial charge in [-0.15, -0.1) is 0 Å². The normalized spacial score (nSPS) is 16.2. The molecule has 0 radical (unpaired) electrons. The summed E-state index contributed by atoms with van der Waals surface area (Å²) in [6.45, 7) is 6.86. The first kappa shape index (κ1) is 23.1. The molecule has 1 atom stereocenters. The van der Waals surface area contributed by atoms with E-state index in [-0.39, 0.29) is 23.7 Å². The van der Waals surface area contributed by atoms with Crippen LogP contribution >= 0.6 is 0 Å². The smallest absolute Gasteiger partial charge is 0.322 e. The Bertz CT molecular complexity index is 982. The van der Waals surface area contributed by atoms with Crippen LogP contribution in [0.1, 0.15) is 32.8 Å². The van der Waals surface area contributed by atoms with E-state index in [0.717, 1.165) is 5.56 Å². The quantitative estimate of drug-likeness (QED) is 0.667. The molecule has 1 heterocycles. The van der Waals surface area contributed by atoms with Crippen LogP contribution < -0.4 is 20.7 Å². The summed E-state index contributed by atoms with van der Waals surface area (Å²) in [5.41, 5.74) is 2.10. The maximum Gasteiger partial charge on any atom is 0.322 e. The number of nitrogens with zero attached hydrogens (tertiary/aromatic N) is 1. The van der Waals surface area contributed by atoms with Crippen LogP contribution in [0.15, 0.2) is 48.5 Å². The Morgan fingerprint density at radius 3 is 2.44 bits per heavy atom. The van der Waals surface area contributed by atoms with Crippen molar-refractivity contribution in [2.45, 2.75) is 38.6 Å². The first-order valence-corrected chi connectivity index (χ1v) is 10.6. The van der Waals surface area contributed by atoms with Gasteiger partial charge >= 0.3 is 6.03 Å².